The Balaban J connectivity index is 1.52. The van der Waals surface area contributed by atoms with Crippen molar-refractivity contribution in [3.63, 3.8) is 0 Å². The van der Waals surface area contributed by atoms with Crippen LogP contribution in [0.25, 0.3) is 17.0 Å². The molecule has 0 spiro atoms. The van der Waals surface area contributed by atoms with Gasteiger partial charge in [0.05, 0.1) is 7.11 Å². The predicted octanol–water partition coefficient (Wildman–Crippen LogP) is 3.19. The maximum absolute atomic E-state index is 12.4. The summed E-state index contributed by atoms with van der Waals surface area (Å²) >= 11 is 0. The molecule has 0 amide bonds. The second-order valence-corrected chi connectivity index (χ2v) is 8.38. The number of carboxylic acid groups (broad SMARTS) is 2. The van der Waals surface area contributed by atoms with Crippen LogP contribution in [0.2, 0.25) is 0 Å². The van der Waals surface area contributed by atoms with Gasteiger partial charge in [0.2, 0.25) is 0 Å². The number of benzene rings is 2. The van der Waals surface area contributed by atoms with E-state index in [1.165, 1.54) is 0 Å². The number of fused-ring (bicyclic) bond motifs is 1. The Morgan fingerprint density at radius 3 is 2.44 bits per heavy atom. The highest BCUT2D eigenvalue weighted by atomic mass is 16.5. The van der Waals surface area contributed by atoms with Crippen LogP contribution in [-0.4, -0.2) is 76.4 Å². The van der Waals surface area contributed by atoms with Crippen LogP contribution < -0.4 is 4.74 Å². The van der Waals surface area contributed by atoms with Gasteiger partial charge in [-0.25, -0.2) is 0 Å². The van der Waals surface area contributed by atoms with Gasteiger partial charge in [-0.15, -0.1) is 0 Å². The van der Waals surface area contributed by atoms with E-state index in [1.54, 1.807) is 36.1 Å². The lowest BCUT2D eigenvalue weighted by molar-refractivity contribution is -0.144. The zero-order valence-electron chi connectivity index (χ0n) is 19.1. The molecule has 1 saturated heterocycles. The third-order valence-corrected chi connectivity index (χ3v) is 6.20. The van der Waals surface area contributed by atoms with Gasteiger partial charge in [-0.05, 0) is 23.8 Å². The first kappa shape index (κ1) is 23.5. The summed E-state index contributed by atoms with van der Waals surface area (Å²) < 4.78 is 6.93. The van der Waals surface area contributed by atoms with Gasteiger partial charge in [0.25, 0.3) is 0 Å². The third-order valence-electron chi connectivity index (χ3n) is 6.20. The van der Waals surface area contributed by atoms with Gasteiger partial charge in [0.1, 0.15) is 18.3 Å². The third kappa shape index (κ3) is 5.30. The van der Waals surface area contributed by atoms with Crippen LogP contribution in [0.5, 0.6) is 5.75 Å². The average molecular weight is 464 g/mol. The molecule has 2 aromatic carbocycles. The minimum Gasteiger partial charge on any atom is -0.497 e. The summed E-state index contributed by atoms with van der Waals surface area (Å²) in [7, 11) is 1.55. The van der Waals surface area contributed by atoms with E-state index in [1.807, 2.05) is 23.1 Å². The first-order chi connectivity index (χ1) is 16.5. The van der Waals surface area contributed by atoms with Crippen molar-refractivity contribution in [2.45, 2.75) is 12.6 Å². The Bertz CT molecular complexity index is 1180. The fourth-order valence-corrected chi connectivity index (χ4v) is 4.52. The van der Waals surface area contributed by atoms with Crippen molar-refractivity contribution in [3.8, 4) is 5.75 Å². The molecular weight excluding hydrogens is 434 g/mol. The molecule has 2 N–H and O–H groups in total. The van der Waals surface area contributed by atoms with Crippen LogP contribution in [0.4, 0.5) is 0 Å². The molecule has 0 radical (unpaired) electrons. The predicted molar refractivity (Wildman–Crippen MR) is 130 cm³/mol. The zero-order valence-corrected chi connectivity index (χ0v) is 19.1. The van der Waals surface area contributed by atoms with Gasteiger partial charge >= 0.3 is 11.9 Å². The lowest BCUT2D eigenvalue weighted by atomic mass is 10.0. The van der Waals surface area contributed by atoms with Gasteiger partial charge in [-0.1, -0.05) is 42.5 Å². The molecule has 1 aromatic heterocycles. The standard InChI is InChI=1S/C26H29N3O5/c1-34-20-9-10-23-21(16-20)22(17-29(23)18-24(30)31)25(26(32)33)28-14-12-27(13-15-28)11-5-8-19-6-3-2-4-7-19/h2-10,16-17,25H,11-15,18H2,1H3,(H,30,31)(H,32,33)/b8-5+/t25-/m1/s1. The van der Waals surface area contributed by atoms with Crippen LogP contribution in [0.3, 0.4) is 0 Å². The smallest absolute Gasteiger partial charge is 0.325 e. The molecule has 0 aliphatic carbocycles. The fourth-order valence-electron chi connectivity index (χ4n) is 4.52. The molecule has 1 aliphatic rings. The Kier molecular flexibility index (Phi) is 7.30. The van der Waals surface area contributed by atoms with Crippen LogP contribution in [0.15, 0.2) is 60.8 Å². The molecular formula is C26H29N3O5. The van der Waals surface area contributed by atoms with E-state index in [9.17, 15) is 19.8 Å². The van der Waals surface area contributed by atoms with Gasteiger partial charge in [-0.2, -0.15) is 0 Å². The van der Waals surface area contributed by atoms with E-state index in [-0.39, 0.29) is 6.54 Å². The molecule has 2 heterocycles. The van der Waals surface area contributed by atoms with E-state index in [0.29, 0.717) is 35.3 Å². The Labute approximate surface area is 198 Å². The Morgan fingerprint density at radius 2 is 1.79 bits per heavy atom. The van der Waals surface area contributed by atoms with Crippen LogP contribution in [0, 0.1) is 0 Å². The molecule has 0 bridgehead atoms. The largest absolute Gasteiger partial charge is 0.497 e. The van der Waals surface area contributed by atoms with E-state index in [2.05, 4.69) is 29.2 Å². The molecule has 8 nitrogen and oxygen atoms in total. The van der Waals surface area contributed by atoms with Crippen LogP contribution in [0.1, 0.15) is 17.2 Å². The lowest BCUT2D eigenvalue weighted by Gasteiger charge is -2.37. The summed E-state index contributed by atoms with van der Waals surface area (Å²) in [6.07, 6.45) is 5.88. The van der Waals surface area contributed by atoms with Crippen molar-refractivity contribution in [3.05, 3.63) is 71.9 Å². The van der Waals surface area contributed by atoms with Gasteiger partial charge in [0.15, 0.2) is 0 Å². The number of hydrogen-bond acceptors (Lipinski definition) is 5. The molecule has 1 fully saturated rings. The average Bonchev–Trinajstić information content (AvgIpc) is 3.17. The van der Waals surface area contributed by atoms with Crippen LogP contribution in [-0.2, 0) is 16.1 Å². The summed E-state index contributed by atoms with van der Waals surface area (Å²) in [5.41, 5.74) is 2.41. The first-order valence-electron chi connectivity index (χ1n) is 11.3. The van der Waals surface area contributed by atoms with E-state index in [4.69, 9.17) is 4.74 Å². The highest BCUT2D eigenvalue weighted by molar-refractivity contribution is 5.91. The number of methoxy groups -OCH3 is 1. The number of ether oxygens (including phenoxy) is 1. The number of aromatic nitrogens is 1. The summed E-state index contributed by atoms with van der Waals surface area (Å²) in [5.74, 6) is -1.33. The summed E-state index contributed by atoms with van der Waals surface area (Å²) in [4.78, 5) is 28.1. The number of carbonyl (C=O) groups is 2. The molecule has 1 atom stereocenters. The molecule has 0 saturated carbocycles. The zero-order chi connectivity index (χ0) is 24.1. The Hall–Kier alpha value is -3.62. The van der Waals surface area contributed by atoms with Crippen molar-refractivity contribution >= 4 is 28.9 Å². The second-order valence-electron chi connectivity index (χ2n) is 8.38. The number of carboxylic acids is 2. The SMILES string of the molecule is COc1ccc2c(c1)c([C@H](C(=O)O)N1CCN(C/C=C/c3ccccc3)CC1)cn2CC(=O)O. The number of nitrogens with zero attached hydrogens (tertiary/aromatic N) is 3. The highest BCUT2D eigenvalue weighted by Crippen LogP contribution is 2.33. The maximum atomic E-state index is 12.4. The van der Waals surface area contributed by atoms with Crippen LogP contribution >= 0.6 is 0 Å². The van der Waals surface area contributed by atoms with E-state index >= 15 is 0 Å². The topological polar surface area (TPSA) is 95.2 Å². The summed E-state index contributed by atoms with van der Waals surface area (Å²) in [5, 5.41) is 20.2. The normalized spacial score (nSPS) is 16.1. The molecule has 178 valence electrons. The second kappa shape index (κ2) is 10.5. The van der Waals surface area contributed by atoms with Gasteiger partial charge in [0, 0.05) is 55.4 Å². The minimum atomic E-state index is -0.983. The quantitative estimate of drug-likeness (QED) is 0.503. The number of hydrogen-bond donors (Lipinski definition) is 2. The highest BCUT2D eigenvalue weighted by Gasteiger charge is 2.33. The Morgan fingerprint density at radius 1 is 1.06 bits per heavy atom. The number of aliphatic carboxylic acids is 2. The van der Waals surface area contributed by atoms with Crippen molar-refractivity contribution in [1.29, 1.82) is 0 Å². The molecule has 34 heavy (non-hydrogen) atoms. The summed E-state index contributed by atoms with van der Waals surface area (Å²) in [6.45, 7) is 3.27. The number of piperazine rings is 1. The van der Waals surface area contributed by atoms with Gasteiger partial charge < -0.3 is 19.5 Å². The minimum absolute atomic E-state index is 0.239. The first-order valence-corrected chi connectivity index (χ1v) is 11.3. The molecule has 0 unspecified atom stereocenters. The summed E-state index contributed by atoms with van der Waals surface area (Å²) in [6, 6.07) is 14.6. The van der Waals surface area contributed by atoms with Crippen molar-refractivity contribution in [2.75, 3.05) is 39.8 Å². The van der Waals surface area contributed by atoms with Crippen molar-refractivity contribution in [2.24, 2.45) is 0 Å². The molecule has 8 heteroatoms. The molecule has 1 aliphatic heterocycles. The molecule has 4 rings (SSSR count). The van der Waals surface area contributed by atoms with Gasteiger partial charge in [-0.3, -0.25) is 19.4 Å². The monoisotopic (exact) mass is 463 g/mol. The maximum Gasteiger partial charge on any atom is 0.325 e. The fraction of sp³-hybridized carbons (Fsp3) is 0.308. The van der Waals surface area contributed by atoms with Crippen molar-refractivity contribution < 1.29 is 24.5 Å². The van der Waals surface area contributed by atoms with E-state index in [0.717, 1.165) is 25.2 Å². The van der Waals surface area contributed by atoms with E-state index < -0.39 is 18.0 Å². The molecule has 3 aromatic rings. The lowest BCUT2D eigenvalue weighted by Crippen LogP contribution is -2.49. The number of rotatable bonds is 9. The van der Waals surface area contributed by atoms with Crippen molar-refractivity contribution in [1.82, 2.24) is 14.4 Å².